The second-order valence-corrected chi connectivity index (χ2v) is 8.64. The van der Waals surface area contributed by atoms with Crippen molar-refractivity contribution >= 4 is 26.5 Å². The molecule has 122 valence electrons. The summed E-state index contributed by atoms with van der Waals surface area (Å²) in [6.07, 6.45) is 4.15. The molecule has 0 heterocycles. The lowest BCUT2D eigenvalue weighted by molar-refractivity contribution is 0.0929. The number of rotatable bonds is 3. The van der Waals surface area contributed by atoms with E-state index in [1.54, 1.807) is 0 Å². The summed E-state index contributed by atoms with van der Waals surface area (Å²) in [5, 5.41) is 4.63. The standard InChI is InChI=1S/C18H21NO3S/c1-23(21,22)15-9-5-8-14(12-15)19-18(20)17-11-4-7-13-6-2-3-10-16(13)17/h2-4,6-7,10-11,14-15H,5,8-9,12H2,1H3,(H,19,20)/t14-,15-/m0/s1. The summed E-state index contributed by atoms with van der Waals surface area (Å²) >= 11 is 0. The van der Waals surface area contributed by atoms with Crippen molar-refractivity contribution in [1.29, 1.82) is 0 Å². The van der Waals surface area contributed by atoms with Crippen molar-refractivity contribution in [2.24, 2.45) is 0 Å². The maximum Gasteiger partial charge on any atom is 0.252 e. The number of fused-ring (bicyclic) bond motifs is 1. The molecule has 0 aromatic heterocycles. The second-order valence-electron chi connectivity index (χ2n) is 6.32. The first-order valence-corrected chi connectivity index (χ1v) is 9.88. The molecular weight excluding hydrogens is 310 g/mol. The van der Waals surface area contributed by atoms with Crippen molar-refractivity contribution in [3.63, 3.8) is 0 Å². The summed E-state index contributed by atoms with van der Waals surface area (Å²) in [5.74, 6) is -0.124. The third-order valence-electron chi connectivity index (χ3n) is 4.60. The van der Waals surface area contributed by atoms with Crippen LogP contribution in [0.15, 0.2) is 42.5 Å². The lowest BCUT2D eigenvalue weighted by Crippen LogP contribution is -2.41. The van der Waals surface area contributed by atoms with Crippen LogP contribution in [0, 0.1) is 0 Å². The van der Waals surface area contributed by atoms with Crippen molar-refractivity contribution in [2.75, 3.05) is 6.26 Å². The Morgan fingerprint density at radius 1 is 1.09 bits per heavy atom. The minimum Gasteiger partial charge on any atom is -0.349 e. The molecule has 2 aromatic rings. The highest BCUT2D eigenvalue weighted by Crippen LogP contribution is 2.25. The molecule has 2 atom stereocenters. The van der Waals surface area contributed by atoms with Gasteiger partial charge in [0.05, 0.1) is 5.25 Å². The predicted octanol–water partition coefficient (Wildman–Crippen LogP) is 2.93. The van der Waals surface area contributed by atoms with Crippen LogP contribution in [0.25, 0.3) is 10.8 Å². The molecule has 1 amide bonds. The topological polar surface area (TPSA) is 63.2 Å². The van der Waals surface area contributed by atoms with Crippen LogP contribution < -0.4 is 5.32 Å². The van der Waals surface area contributed by atoms with E-state index in [4.69, 9.17) is 0 Å². The highest BCUT2D eigenvalue weighted by Gasteiger charge is 2.29. The van der Waals surface area contributed by atoms with Crippen LogP contribution in [-0.2, 0) is 9.84 Å². The predicted molar refractivity (Wildman–Crippen MR) is 92.3 cm³/mol. The Morgan fingerprint density at radius 2 is 1.83 bits per heavy atom. The minimum absolute atomic E-state index is 0.0741. The van der Waals surface area contributed by atoms with E-state index in [1.807, 2.05) is 42.5 Å². The molecule has 0 radical (unpaired) electrons. The number of carbonyl (C=O) groups is 1. The fraction of sp³-hybridized carbons (Fsp3) is 0.389. The third kappa shape index (κ3) is 3.55. The van der Waals surface area contributed by atoms with Crippen molar-refractivity contribution in [2.45, 2.75) is 37.0 Å². The molecule has 3 rings (SSSR count). The van der Waals surface area contributed by atoms with Crippen molar-refractivity contribution in [1.82, 2.24) is 5.32 Å². The second kappa shape index (κ2) is 6.32. The number of amides is 1. The first-order valence-electron chi connectivity index (χ1n) is 7.92. The van der Waals surface area contributed by atoms with Gasteiger partial charge < -0.3 is 5.32 Å². The molecule has 0 bridgehead atoms. The smallest absolute Gasteiger partial charge is 0.252 e. The Hall–Kier alpha value is -1.88. The first-order chi connectivity index (χ1) is 10.9. The average Bonchev–Trinajstić information content (AvgIpc) is 2.53. The van der Waals surface area contributed by atoms with Gasteiger partial charge in [0.25, 0.3) is 5.91 Å². The summed E-state index contributed by atoms with van der Waals surface area (Å²) < 4.78 is 23.5. The fourth-order valence-electron chi connectivity index (χ4n) is 3.35. The minimum atomic E-state index is -3.05. The van der Waals surface area contributed by atoms with Crippen LogP contribution in [0.3, 0.4) is 0 Å². The molecule has 0 aliphatic heterocycles. The molecule has 0 spiro atoms. The molecule has 23 heavy (non-hydrogen) atoms. The van der Waals surface area contributed by atoms with E-state index in [0.29, 0.717) is 18.4 Å². The molecule has 0 unspecified atom stereocenters. The molecule has 2 aromatic carbocycles. The van der Waals surface area contributed by atoms with E-state index in [2.05, 4.69) is 5.32 Å². The zero-order valence-electron chi connectivity index (χ0n) is 13.2. The van der Waals surface area contributed by atoms with Crippen LogP contribution in [0.4, 0.5) is 0 Å². The Labute approximate surface area is 136 Å². The van der Waals surface area contributed by atoms with Gasteiger partial charge in [-0.1, -0.05) is 42.8 Å². The number of benzene rings is 2. The highest BCUT2D eigenvalue weighted by molar-refractivity contribution is 7.91. The molecule has 1 fully saturated rings. The van der Waals surface area contributed by atoms with Crippen LogP contribution in [-0.4, -0.2) is 31.9 Å². The highest BCUT2D eigenvalue weighted by atomic mass is 32.2. The Kier molecular flexibility index (Phi) is 4.39. The molecular formula is C18H21NO3S. The van der Waals surface area contributed by atoms with Crippen LogP contribution in [0.2, 0.25) is 0 Å². The van der Waals surface area contributed by atoms with Gasteiger partial charge in [0.2, 0.25) is 0 Å². The van der Waals surface area contributed by atoms with Crippen molar-refractivity contribution in [3.8, 4) is 0 Å². The number of carbonyl (C=O) groups excluding carboxylic acids is 1. The third-order valence-corrected chi connectivity index (χ3v) is 6.24. The largest absolute Gasteiger partial charge is 0.349 e. The maximum atomic E-state index is 12.6. The van der Waals surface area contributed by atoms with E-state index in [9.17, 15) is 13.2 Å². The zero-order valence-corrected chi connectivity index (χ0v) is 14.0. The maximum absolute atomic E-state index is 12.6. The molecule has 1 N–H and O–H groups in total. The van der Waals surface area contributed by atoms with Gasteiger partial charge in [-0.25, -0.2) is 8.42 Å². The van der Waals surface area contributed by atoms with Gasteiger partial charge in [-0.2, -0.15) is 0 Å². The summed E-state index contributed by atoms with van der Waals surface area (Å²) in [5.41, 5.74) is 0.643. The van der Waals surface area contributed by atoms with Gasteiger partial charge in [0.1, 0.15) is 9.84 Å². The fourth-order valence-corrected chi connectivity index (χ4v) is 4.53. The molecule has 1 aliphatic rings. The van der Waals surface area contributed by atoms with Gasteiger partial charge in [0, 0.05) is 17.9 Å². The average molecular weight is 331 g/mol. The molecule has 5 heteroatoms. The molecule has 1 aliphatic carbocycles. The van der Waals surface area contributed by atoms with Gasteiger partial charge in [-0.3, -0.25) is 4.79 Å². The summed E-state index contributed by atoms with van der Waals surface area (Å²) in [6.45, 7) is 0. The van der Waals surface area contributed by atoms with Crippen LogP contribution in [0.5, 0.6) is 0 Å². The quantitative estimate of drug-likeness (QED) is 0.940. The number of hydrogen-bond acceptors (Lipinski definition) is 3. The summed E-state index contributed by atoms with van der Waals surface area (Å²) in [7, 11) is -3.05. The van der Waals surface area contributed by atoms with Crippen molar-refractivity contribution in [3.05, 3.63) is 48.0 Å². The van der Waals surface area contributed by atoms with E-state index in [0.717, 1.165) is 23.6 Å². The Bertz CT molecular complexity index is 824. The number of nitrogens with one attached hydrogen (secondary N) is 1. The van der Waals surface area contributed by atoms with E-state index in [1.165, 1.54) is 6.26 Å². The normalized spacial score (nSPS) is 22.0. The Balaban J connectivity index is 1.78. The molecule has 4 nitrogen and oxygen atoms in total. The molecule has 0 saturated heterocycles. The van der Waals surface area contributed by atoms with Crippen molar-refractivity contribution < 1.29 is 13.2 Å². The Morgan fingerprint density at radius 3 is 2.61 bits per heavy atom. The summed E-state index contributed by atoms with van der Waals surface area (Å²) in [6, 6.07) is 13.4. The zero-order chi connectivity index (χ0) is 16.4. The van der Waals surface area contributed by atoms with E-state index < -0.39 is 9.84 Å². The van der Waals surface area contributed by atoms with E-state index >= 15 is 0 Å². The van der Waals surface area contributed by atoms with Gasteiger partial charge in [-0.15, -0.1) is 0 Å². The lowest BCUT2D eigenvalue weighted by Gasteiger charge is -2.28. The van der Waals surface area contributed by atoms with E-state index in [-0.39, 0.29) is 17.2 Å². The SMILES string of the molecule is CS(=O)(=O)[C@H]1CCC[C@H](NC(=O)c2cccc3ccccc23)C1. The van der Waals surface area contributed by atoms with Gasteiger partial charge in [0.15, 0.2) is 0 Å². The van der Waals surface area contributed by atoms with Gasteiger partial charge in [-0.05, 0) is 36.1 Å². The number of hydrogen-bond donors (Lipinski definition) is 1. The first kappa shape index (κ1) is 16.0. The monoisotopic (exact) mass is 331 g/mol. The molecule has 1 saturated carbocycles. The van der Waals surface area contributed by atoms with Crippen LogP contribution in [0.1, 0.15) is 36.0 Å². The lowest BCUT2D eigenvalue weighted by atomic mass is 9.94. The van der Waals surface area contributed by atoms with Crippen LogP contribution >= 0.6 is 0 Å². The van der Waals surface area contributed by atoms with Gasteiger partial charge >= 0.3 is 0 Å². The summed E-state index contributed by atoms with van der Waals surface area (Å²) in [4.78, 5) is 12.6. The number of sulfone groups is 1.